The molecule has 0 radical (unpaired) electrons. The molecule has 45 heavy (non-hydrogen) atoms. The number of hydrogen-bond acceptors (Lipinski definition) is 9. The Bertz CT molecular complexity index is 1400. The predicted octanol–water partition coefficient (Wildman–Crippen LogP) is 3.35. The highest BCUT2D eigenvalue weighted by Crippen LogP contribution is 2.34. The first-order valence-electron chi connectivity index (χ1n) is 15.5. The van der Waals surface area contributed by atoms with Crippen LogP contribution in [0.3, 0.4) is 0 Å². The number of hydrogen-bond donors (Lipinski definition) is 6. The number of amides is 1. The second kappa shape index (κ2) is 17.3. The molecule has 3 aromatic rings. The van der Waals surface area contributed by atoms with Crippen LogP contribution in [0.4, 0.5) is 15.8 Å². The van der Waals surface area contributed by atoms with Crippen molar-refractivity contribution in [1.82, 2.24) is 16.0 Å². The number of aliphatic hydroxyl groups excluding tert-OH is 1. The summed E-state index contributed by atoms with van der Waals surface area (Å²) in [4.78, 5) is 13.1. The van der Waals surface area contributed by atoms with Crippen molar-refractivity contribution in [3.8, 4) is 22.6 Å². The Hall–Kier alpha value is -4.19. The number of rotatable bonds is 14. The van der Waals surface area contributed by atoms with Crippen LogP contribution in [-0.2, 0) is 11.2 Å². The molecule has 0 aromatic heterocycles. The van der Waals surface area contributed by atoms with E-state index in [-0.39, 0.29) is 18.0 Å². The molecule has 2 heterocycles. The van der Waals surface area contributed by atoms with Crippen LogP contribution < -0.4 is 36.1 Å². The van der Waals surface area contributed by atoms with Crippen molar-refractivity contribution in [1.29, 1.82) is 5.41 Å². The fourth-order valence-corrected chi connectivity index (χ4v) is 5.64. The number of halogens is 1. The van der Waals surface area contributed by atoms with Gasteiger partial charge in [-0.2, -0.15) is 0 Å². The lowest BCUT2D eigenvalue weighted by Gasteiger charge is -2.30. The molecule has 2 atom stereocenters. The molecular formula is C34H45FN6O4. The van der Waals surface area contributed by atoms with Gasteiger partial charge in [0.1, 0.15) is 29.5 Å². The molecule has 3 aromatic carbocycles. The van der Waals surface area contributed by atoms with Gasteiger partial charge >= 0.3 is 0 Å². The fourth-order valence-electron chi connectivity index (χ4n) is 5.64. The maximum absolute atomic E-state index is 14.6. The number of nitrogens with two attached hydrogens (primary N) is 1. The van der Waals surface area contributed by atoms with Gasteiger partial charge in [0.25, 0.3) is 0 Å². The fraction of sp³-hybridized carbons (Fsp3) is 0.412. The van der Waals surface area contributed by atoms with Gasteiger partial charge in [-0.25, -0.2) is 4.39 Å². The summed E-state index contributed by atoms with van der Waals surface area (Å²) < 4.78 is 27.4. The predicted molar refractivity (Wildman–Crippen MR) is 177 cm³/mol. The van der Waals surface area contributed by atoms with Crippen LogP contribution in [0, 0.1) is 11.2 Å². The van der Waals surface area contributed by atoms with E-state index in [0.717, 1.165) is 80.9 Å². The minimum absolute atomic E-state index is 0.0982. The second-order valence-electron chi connectivity index (χ2n) is 11.1. The van der Waals surface area contributed by atoms with Crippen molar-refractivity contribution in [2.75, 3.05) is 63.6 Å². The van der Waals surface area contributed by atoms with Crippen molar-refractivity contribution in [3.05, 3.63) is 71.5 Å². The average Bonchev–Trinajstić information content (AvgIpc) is 3.59. The summed E-state index contributed by atoms with van der Waals surface area (Å²) in [5.41, 5.74) is 11.1. The smallest absolute Gasteiger partial charge is 0.207 e. The van der Waals surface area contributed by atoms with Crippen LogP contribution in [-0.4, -0.2) is 82.9 Å². The molecule has 2 aliphatic rings. The monoisotopic (exact) mass is 620 g/mol. The van der Waals surface area contributed by atoms with E-state index in [1.165, 1.54) is 12.3 Å². The Morgan fingerprint density at radius 3 is 2.64 bits per heavy atom. The quantitative estimate of drug-likeness (QED) is 0.0697. The largest absolute Gasteiger partial charge is 0.490 e. The minimum Gasteiger partial charge on any atom is -0.490 e. The summed E-state index contributed by atoms with van der Waals surface area (Å²) in [6, 6.07) is 16.8. The lowest BCUT2D eigenvalue weighted by atomic mass is 9.96. The first kappa shape index (κ1) is 33.7. The lowest BCUT2D eigenvalue weighted by molar-refractivity contribution is -0.109. The van der Waals surface area contributed by atoms with E-state index in [0.29, 0.717) is 49.2 Å². The average molecular weight is 621 g/mol. The molecule has 2 saturated heterocycles. The van der Waals surface area contributed by atoms with E-state index in [1.54, 1.807) is 6.07 Å². The summed E-state index contributed by atoms with van der Waals surface area (Å²) in [6.45, 7) is 5.53. The molecule has 0 spiro atoms. The molecule has 242 valence electrons. The van der Waals surface area contributed by atoms with E-state index >= 15 is 0 Å². The normalized spacial score (nSPS) is 16.7. The third-order valence-corrected chi connectivity index (χ3v) is 8.00. The van der Waals surface area contributed by atoms with E-state index in [2.05, 4.69) is 33.0 Å². The van der Waals surface area contributed by atoms with Gasteiger partial charge in [0.15, 0.2) is 0 Å². The van der Waals surface area contributed by atoms with Crippen molar-refractivity contribution in [2.24, 2.45) is 0 Å². The van der Waals surface area contributed by atoms with E-state index in [4.69, 9.17) is 25.7 Å². The van der Waals surface area contributed by atoms with Gasteiger partial charge in [0.2, 0.25) is 6.41 Å². The molecular weight excluding hydrogens is 575 g/mol. The molecule has 2 fully saturated rings. The van der Waals surface area contributed by atoms with Crippen LogP contribution >= 0.6 is 0 Å². The van der Waals surface area contributed by atoms with Crippen LogP contribution in [0.25, 0.3) is 11.1 Å². The number of aryl methyl sites for hydroxylation is 1. The Balaban J connectivity index is 0.00000226. The van der Waals surface area contributed by atoms with Gasteiger partial charge < -0.3 is 46.6 Å². The molecule has 7 N–H and O–H groups in total. The van der Waals surface area contributed by atoms with Crippen LogP contribution in [0.1, 0.15) is 30.4 Å². The molecule has 0 aliphatic carbocycles. The zero-order chi connectivity index (χ0) is 32.0. The zero-order valence-electron chi connectivity index (χ0n) is 25.9. The van der Waals surface area contributed by atoms with Crippen molar-refractivity contribution in [3.63, 3.8) is 0 Å². The summed E-state index contributed by atoms with van der Waals surface area (Å²) >= 11 is 0. The Labute approximate surface area is 264 Å². The molecule has 5 rings (SSSR count). The third kappa shape index (κ3) is 9.65. The van der Waals surface area contributed by atoms with Gasteiger partial charge in [-0.3, -0.25) is 4.79 Å². The van der Waals surface area contributed by atoms with Crippen LogP contribution in [0.5, 0.6) is 11.5 Å². The van der Waals surface area contributed by atoms with Gasteiger partial charge in [-0.15, -0.1) is 0 Å². The third-order valence-electron chi connectivity index (χ3n) is 8.00. The van der Waals surface area contributed by atoms with Gasteiger partial charge in [-0.05, 0) is 67.3 Å². The molecule has 10 nitrogen and oxygen atoms in total. The standard InChI is InChI=1S/C33H41FN6O3.CH4O/c34-26-17-27(40-13-11-37-12-14-40)19-30(18-26)42-28(7-10-39-22-41)4-1-23-2-6-33(43-29-8-9-38-21-29)31(15-23)24-3-5-32(36)25(16-24)20-35;1-2/h2-3,5-6,15-20,22,28-29,35,37-38H,1,4,7-14,21,36H2,(H,39,41);2H,1H3/t28?,29-;/m0./s1. The van der Waals surface area contributed by atoms with Gasteiger partial charge in [0.05, 0.1) is 0 Å². The molecule has 1 amide bonds. The Kier molecular flexibility index (Phi) is 13.0. The number of nitrogens with zero attached hydrogens (tertiary/aromatic N) is 1. The maximum atomic E-state index is 14.6. The molecule has 2 aliphatic heterocycles. The molecule has 0 bridgehead atoms. The Morgan fingerprint density at radius 1 is 1.09 bits per heavy atom. The highest BCUT2D eigenvalue weighted by molar-refractivity contribution is 5.88. The molecule has 1 unspecified atom stereocenters. The number of piperazine rings is 1. The number of nitrogen functional groups attached to an aromatic ring is 1. The summed E-state index contributed by atoms with van der Waals surface area (Å²) in [5.74, 6) is 0.947. The summed E-state index contributed by atoms with van der Waals surface area (Å²) in [5, 5.41) is 24.2. The molecule has 0 saturated carbocycles. The summed E-state index contributed by atoms with van der Waals surface area (Å²) in [6.07, 6.45) is 4.70. The van der Waals surface area contributed by atoms with Crippen molar-refractivity contribution in [2.45, 2.75) is 37.9 Å². The highest BCUT2D eigenvalue weighted by Gasteiger charge is 2.20. The van der Waals surface area contributed by atoms with Gasteiger partial charge in [-0.1, -0.05) is 12.1 Å². The molecule has 11 heteroatoms. The number of carbonyl (C=O) groups is 1. The van der Waals surface area contributed by atoms with E-state index in [1.807, 2.05) is 30.3 Å². The van der Waals surface area contributed by atoms with Crippen molar-refractivity contribution < 1.29 is 23.8 Å². The number of nitrogens with one attached hydrogen (secondary N) is 4. The van der Waals surface area contributed by atoms with Crippen LogP contribution in [0.15, 0.2) is 54.6 Å². The van der Waals surface area contributed by atoms with E-state index in [9.17, 15) is 9.18 Å². The lowest BCUT2D eigenvalue weighted by Crippen LogP contribution is -2.43. The first-order chi connectivity index (χ1) is 22.0. The second-order valence-corrected chi connectivity index (χ2v) is 11.1. The van der Waals surface area contributed by atoms with Crippen LogP contribution in [0.2, 0.25) is 0 Å². The summed E-state index contributed by atoms with van der Waals surface area (Å²) in [7, 11) is 1.00. The SMILES string of the molecule is CO.N=Cc1cc(-c2cc(CCC(CCNC=O)Oc3cc(F)cc(N4CCNCC4)c3)ccc2O[C@H]2CCNC2)ccc1N. The first-order valence-corrected chi connectivity index (χ1v) is 15.5. The number of anilines is 2. The Morgan fingerprint density at radius 2 is 1.91 bits per heavy atom. The number of ether oxygens (including phenoxy) is 2. The highest BCUT2D eigenvalue weighted by atomic mass is 19.1. The minimum atomic E-state index is -0.332. The van der Waals surface area contributed by atoms with Crippen molar-refractivity contribution >= 4 is 24.0 Å². The van der Waals surface area contributed by atoms with Gasteiger partial charge in [0, 0.05) is 93.6 Å². The number of carbonyl (C=O) groups excluding carboxylic acids is 1. The zero-order valence-corrected chi connectivity index (χ0v) is 25.9. The maximum Gasteiger partial charge on any atom is 0.207 e. The topological polar surface area (TPSA) is 145 Å². The number of aliphatic hydroxyl groups is 1. The van der Waals surface area contributed by atoms with E-state index < -0.39 is 0 Å². The number of benzene rings is 3.